The van der Waals surface area contributed by atoms with Gasteiger partial charge < -0.3 is 0 Å². The molecule has 9 nitrogen and oxygen atoms in total. The number of rotatable bonds is 9. The number of nitrogens with zero attached hydrogens (tertiary/aromatic N) is 1. The Morgan fingerprint density at radius 2 is 0.754 bits per heavy atom. The van der Waals surface area contributed by atoms with Crippen molar-refractivity contribution in [1.82, 2.24) is 0 Å². The summed E-state index contributed by atoms with van der Waals surface area (Å²) in [5.41, 5.74) is 0.0810. The Bertz CT molecular complexity index is 2260. The van der Waals surface area contributed by atoms with Crippen molar-refractivity contribution < 1.29 is 46.5 Å². The molecule has 0 spiro atoms. The van der Waals surface area contributed by atoms with E-state index in [1.807, 2.05) is 92.3 Å². The summed E-state index contributed by atoms with van der Waals surface area (Å²) in [5.74, 6) is 0. The van der Waals surface area contributed by atoms with Gasteiger partial charge in [0.25, 0.3) is 20.2 Å². The van der Waals surface area contributed by atoms with Gasteiger partial charge in [-0.2, -0.15) is 35.0 Å². The van der Waals surface area contributed by atoms with Crippen molar-refractivity contribution in [2.45, 2.75) is 9.79 Å². The Hall–Kier alpha value is -3.99. The van der Waals surface area contributed by atoms with E-state index in [9.17, 15) is 26.9 Å². The fraction of sp³-hybridized carbons (Fsp3) is 0. The fourth-order valence-corrected chi connectivity index (χ4v) is 10.8. The Morgan fingerprint density at radius 1 is 0.474 bits per heavy atom. The molecule has 0 unspecified atom stereocenters. The molecular formula is C42H34INO8P2PdS2. The van der Waals surface area contributed by atoms with Crippen molar-refractivity contribution in [3.63, 3.8) is 0 Å². The molecule has 0 aromatic heterocycles. The quantitative estimate of drug-likeness (QED) is 0.0285. The second-order valence-corrected chi connectivity index (χ2v) is 18.8. The molecular weight excluding hydrogens is 1010 g/mol. The van der Waals surface area contributed by atoms with Crippen molar-refractivity contribution in [3.8, 4) is 0 Å². The molecule has 0 heterocycles. The van der Waals surface area contributed by atoms with Crippen LogP contribution in [-0.2, 0) is 35.8 Å². The van der Waals surface area contributed by atoms with Crippen LogP contribution in [0.5, 0.6) is 0 Å². The van der Waals surface area contributed by atoms with Crippen LogP contribution in [0.2, 0.25) is 0 Å². The number of nitro benzene ring substituents is 1. The van der Waals surface area contributed by atoms with Gasteiger partial charge in [-0.3, -0.25) is 19.2 Å². The van der Waals surface area contributed by atoms with Gasteiger partial charge >= 0.3 is 35.1 Å². The summed E-state index contributed by atoms with van der Waals surface area (Å²) in [6, 6.07) is 62.0. The van der Waals surface area contributed by atoms with E-state index < -0.39 is 41.0 Å². The van der Waals surface area contributed by atoms with Gasteiger partial charge in [0.1, 0.15) is 0 Å². The number of halogens is 1. The summed E-state index contributed by atoms with van der Waals surface area (Å²) in [6.45, 7) is 0. The van der Waals surface area contributed by atoms with Gasteiger partial charge in [0.15, 0.2) is 5.69 Å². The number of hydrogen-bond donors (Lipinski definition) is 2. The molecule has 7 rings (SSSR count). The van der Waals surface area contributed by atoms with Crippen molar-refractivity contribution in [2.75, 3.05) is 0 Å². The zero-order valence-corrected chi connectivity index (χ0v) is 36.8. The molecule has 7 aromatic rings. The van der Waals surface area contributed by atoms with Gasteiger partial charge in [-0.05, 0) is 71.9 Å². The number of non-ortho nitro benzene ring substituents is 1. The van der Waals surface area contributed by atoms with E-state index in [1.165, 1.54) is 57.6 Å². The van der Waals surface area contributed by atoms with Crippen LogP contribution in [-0.4, -0.2) is 30.9 Å². The van der Waals surface area contributed by atoms with E-state index in [1.54, 1.807) is 36.4 Å². The minimum atomic E-state index is -4.17. The van der Waals surface area contributed by atoms with Crippen LogP contribution in [0, 0.1) is 16.2 Å². The van der Waals surface area contributed by atoms with Gasteiger partial charge in [0, 0.05) is 4.92 Å². The van der Waals surface area contributed by atoms with Gasteiger partial charge in [0.2, 0.25) is 0 Å². The summed E-state index contributed by atoms with van der Waals surface area (Å²) in [4.78, 5) is 9.37. The first-order valence-corrected chi connectivity index (χ1v) is 26.8. The van der Waals surface area contributed by atoms with Crippen LogP contribution in [0.25, 0.3) is 0 Å². The normalized spacial score (nSPS) is 10.9. The van der Waals surface area contributed by atoms with Crippen LogP contribution in [0.4, 0.5) is 5.69 Å². The zero-order valence-electron chi connectivity index (χ0n) is 29.7. The molecule has 294 valence electrons. The van der Waals surface area contributed by atoms with Crippen LogP contribution in [0.3, 0.4) is 0 Å². The SMILES string of the molecule is O=S(=O)(O)c1ccc(P(c2ccccc2)c2ccccc2)cc1.O=S(=O)(O)c1ccc(P(c2ccccc2)c2ccccc2)cc1.O=[N+]([O-])c1c[c-]ccc1.[Pd+][I]. The number of hydrogen-bond acceptors (Lipinski definition) is 6. The van der Waals surface area contributed by atoms with Gasteiger partial charge in [-0.1, -0.05) is 152 Å². The maximum atomic E-state index is 11.2. The monoisotopic (exact) mass is 1040 g/mol. The van der Waals surface area contributed by atoms with E-state index in [0.717, 1.165) is 10.6 Å². The maximum absolute atomic E-state index is 11.2. The van der Waals surface area contributed by atoms with Crippen molar-refractivity contribution in [2.24, 2.45) is 0 Å². The average molecular weight is 1040 g/mol. The van der Waals surface area contributed by atoms with Gasteiger partial charge in [-0.25, -0.2) is 0 Å². The van der Waals surface area contributed by atoms with E-state index in [4.69, 9.17) is 9.11 Å². The van der Waals surface area contributed by atoms with Crippen LogP contribution < -0.4 is 31.8 Å². The summed E-state index contributed by atoms with van der Waals surface area (Å²) in [5, 5.41) is 16.8. The Balaban J connectivity index is 0.000000201. The Morgan fingerprint density at radius 3 is 0.965 bits per heavy atom. The topological polar surface area (TPSA) is 152 Å². The molecule has 0 radical (unpaired) electrons. The first-order valence-electron chi connectivity index (χ1n) is 16.6. The third-order valence-electron chi connectivity index (χ3n) is 7.74. The third-order valence-corrected chi connectivity index (χ3v) is 14.4. The van der Waals surface area contributed by atoms with E-state index in [0.29, 0.717) is 0 Å². The zero-order chi connectivity index (χ0) is 41.3. The molecule has 15 heteroatoms. The second-order valence-electron chi connectivity index (χ2n) is 11.5. The average Bonchev–Trinajstić information content (AvgIpc) is 3.24. The minimum absolute atomic E-state index is 0.0810. The molecule has 0 saturated heterocycles. The number of benzene rings is 7. The first-order chi connectivity index (χ1) is 27.4. The predicted octanol–water partition coefficient (Wildman–Crippen LogP) is 7.66. The molecule has 7 aromatic carbocycles. The van der Waals surface area contributed by atoms with E-state index in [-0.39, 0.29) is 15.5 Å². The van der Waals surface area contributed by atoms with Crippen molar-refractivity contribution >= 4 is 93.1 Å². The molecule has 0 aliphatic heterocycles. The molecule has 0 aliphatic carbocycles. The molecule has 2 N–H and O–H groups in total. The van der Waals surface area contributed by atoms with Crippen LogP contribution in [0.1, 0.15) is 0 Å². The molecule has 0 bridgehead atoms. The van der Waals surface area contributed by atoms with Gasteiger partial charge in [-0.15, -0.1) is 6.07 Å². The number of nitro groups is 1. The van der Waals surface area contributed by atoms with E-state index >= 15 is 0 Å². The van der Waals surface area contributed by atoms with E-state index in [2.05, 4.69) is 70.2 Å². The first kappa shape index (κ1) is 45.7. The molecule has 0 aliphatic rings. The molecule has 0 fully saturated rings. The van der Waals surface area contributed by atoms with Crippen molar-refractivity contribution in [3.05, 3.63) is 210 Å². The fourth-order valence-electron chi connectivity index (χ4n) is 5.23. The summed E-state index contributed by atoms with van der Waals surface area (Å²) >= 11 is 4.72. The van der Waals surface area contributed by atoms with Crippen LogP contribution in [0.15, 0.2) is 204 Å². The summed E-state index contributed by atoms with van der Waals surface area (Å²) < 4.78 is 63.1. The second kappa shape index (κ2) is 22.8. The predicted molar refractivity (Wildman–Crippen MR) is 236 cm³/mol. The van der Waals surface area contributed by atoms with Crippen LogP contribution >= 0.6 is 35.4 Å². The summed E-state index contributed by atoms with van der Waals surface area (Å²) in [7, 11) is -9.88. The molecule has 57 heavy (non-hydrogen) atoms. The molecule has 0 amide bonds. The molecule has 0 saturated carbocycles. The standard InChI is InChI=1S/2C18H15O3PS.C6H4NO2.HI.Pd/c2*19-23(20,21)18-13-11-17(12-14-18)22(15-7-3-1-4-8-15)16-9-5-2-6-10-16;8-7(9)6-4-2-1-3-5-6;;/h2*1-14H,(H,19,20,21);1-2,4-5H;1H;/q;;-1;;+2/p-1. The van der Waals surface area contributed by atoms with Crippen molar-refractivity contribution in [1.29, 1.82) is 0 Å². The van der Waals surface area contributed by atoms with Gasteiger partial charge in [0.05, 0.1) is 9.79 Å². The molecule has 0 atom stereocenters. The third kappa shape index (κ3) is 14.1. The summed E-state index contributed by atoms with van der Waals surface area (Å²) in [6.07, 6.45) is 0. The Kier molecular flexibility index (Phi) is 18.3. The Labute approximate surface area is 356 Å².